The Kier molecular flexibility index (Phi) is 9.69. The molecule has 2 fully saturated rings. The van der Waals surface area contributed by atoms with Crippen molar-refractivity contribution < 1.29 is 23.5 Å². The summed E-state index contributed by atoms with van der Waals surface area (Å²) in [6.07, 6.45) is 3.55. The number of hydrogen-bond acceptors (Lipinski definition) is 8. The third-order valence-electron chi connectivity index (χ3n) is 6.26. The fraction of sp³-hybridized carbons (Fsp3) is 0.538. The molecule has 1 amide bonds. The number of likely N-dealkylation sites (tertiary alicyclic amines) is 1. The highest BCUT2D eigenvalue weighted by Crippen LogP contribution is 2.35. The van der Waals surface area contributed by atoms with E-state index in [-0.39, 0.29) is 35.1 Å². The number of ether oxygens (including phenoxy) is 1. The van der Waals surface area contributed by atoms with E-state index in [4.69, 9.17) is 5.73 Å². The Morgan fingerprint density at radius 3 is 2.47 bits per heavy atom. The zero-order valence-corrected chi connectivity index (χ0v) is 21.9. The minimum absolute atomic E-state index is 0.0130. The van der Waals surface area contributed by atoms with Crippen molar-refractivity contribution in [3.8, 4) is 0 Å². The lowest BCUT2D eigenvalue weighted by Crippen LogP contribution is -2.49. The molecule has 1 unspecified atom stereocenters. The van der Waals surface area contributed by atoms with E-state index in [1.807, 2.05) is 25.7 Å². The third kappa shape index (κ3) is 7.41. The first-order valence-corrected chi connectivity index (χ1v) is 13.1. The molecule has 0 radical (unpaired) electrons. The summed E-state index contributed by atoms with van der Waals surface area (Å²) >= 11 is 1.39. The zero-order chi connectivity index (χ0) is 26.3. The minimum Gasteiger partial charge on any atom is -0.462 e. The highest BCUT2D eigenvalue weighted by molar-refractivity contribution is 7.10. The van der Waals surface area contributed by atoms with Gasteiger partial charge in [0.1, 0.15) is 22.1 Å². The van der Waals surface area contributed by atoms with E-state index >= 15 is 0 Å². The number of thiazole rings is 1. The third-order valence-corrected chi connectivity index (χ3v) is 7.21. The number of piperidine rings is 1. The number of nitrogens with two attached hydrogens (primary N) is 1. The molecule has 2 aromatic rings. The van der Waals surface area contributed by atoms with Crippen LogP contribution < -0.4 is 11.1 Å². The van der Waals surface area contributed by atoms with Gasteiger partial charge in [0.05, 0.1) is 12.1 Å². The van der Waals surface area contributed by atoms with Gasteiger partial charge in [-0.25, -0.2) is 9.37 Å². The van der Waals surface area contributed by atoms with Crippen molar-refractivity contribution in [2.45, 2.75) is 64.1 Å². The number of nitrogens with zero attached hydrogens (tertiary/aromatic N) is 2. The second-order valence-electron chi connectivity index (χ2n) is 10.0. The van der Waals surface area contributed by atoms with Crippen LogP contribution in [0.1, 0.15) is 73.6 Å². The number of carbonyl (C=O) groups excluding carboxylic acids is 3. The van der Waals surface area contributed by atoms with Crippen molar-refractivity contribution in [3.63, 3.8) is 0 Å². The summed E-state index contributed by atoms with van der Waals surface area (Å²) < 4.78 is 17.7. The van der Waals surface area contributed by atoms with Crippen molar-refractivity contribution in [2.75, 3.05) is 19.6 Å². The molecule has 0 aliphatic carbocycles. The molecule has 8 nitrogen and oxygen atoms in total. The number of amides is 1. The second-order valence-corrected chi connectivity index (χ2v) is 10.9. The Hall–Kier alpha value is -2.69. The smallest absolute Gasteiger partial charge is 0.293 e. The summed E-state index contributed by atoms with van der Waals surface area (Å²) in [5.41, 5.74) is 6.75. The van der Waals surface area contributed by atoms with Crippen LogP contribution in [0.25, 0.3) is 0 Å². The van der Waals surface area contributed by atoms with Gasteiger partial charge in [-0.15, -0.1) is 11.3 Å². The molecule has 0 saturated carbocycles. The number of rotatable bonds is 6. The summed E-state index contributed by atoms with van der Waals surface area (Å²) in [5, 5.41) is 5.78. The number of carbonyl (C=O) groups is 3. The second kappa shape index (κ2) is 12.5. The van der Waals surface area contributed by atoms with Crippen molar-refractivity contribution in [2.24, 2.45) is 11.7 Å². The predicted octanol–water partition coefficient (Wildman–Crippen LogP) is 3.46. The molecule has 0 bridgehead atoms. The van der Waals surface area contributed by atoms with Crippen molar-refractivity contribution >= 4 is 29.5 Å². The Morgan fingerprint density at radius 1 is 1.22 bits per heavy atom. The van der Waals surface area contributed by atoms with E-state index in [9.17, 15) is 18.8 Å². The fourth-order valence-corrected chi connectivity index (χ4v) is 5.27. The van der Waals surface area contributed by atoms with E-state index < -0.39 is 6.04 Å². The van der Waals surface area contributed by atoms with E-state index in [1.54, 1.807) is 5.38 Å². The van der Waals surface area contributed by atoms with Gasteiger partial charge in [0, 0.05) is 17.5 Å². The maximum absolute atomic E-state index is 13.1. The first-order chi connectivity index (χ1) is 17.1. The van der Waals surface area contributed by atoms with Crippen LogP contribution in [-0.2, 0) is 14.3 Å². The van der Waals surface area contributed by atoms with Crippen molar-refractivity contribution in [1.82, 2.24) is 15.2 Å². The summed E-state index contributed by atoms with van der Waals surface area (Å²) in [7, 11) is 0. The minimum atomic E-state index is -0.488. The van der Waals surface area contributed by atoms with Gasteiger partial charge in [0.25, 0.3) is 6.47 Å². The van der Waals surface area contributed by atoms with Gasteiger partial charge in [-0.3, -0.25) is 14.4 Å². The Balaban J connectivity index is 0.000000454. The van der Waals surface area contributed by atoms with E-state index in [0.29, 0.717) is 24.3 Å². The number of nitrogens with one attached hydrogen (secondary N) is 1. The zero-order valence-electron chi connectivity index (χ0n) is 21.0. The number of benzene rings is 1. The normalized spacial score (nSPS) is 19.2. The van der Waals surface area contributed by atoms with Crippen LogP contribution in [0.5, 0.6) is 0 Å². The Morgan fingerprint density at radius 2 is 1.89 bits per heavy atom. The van der Waals surface area contributed by atoms with Crippen LogP contribution in [0.4, 0.5) is 4.39 Å². The quantitative estimate of drug-likeness (QED) is 0.445. The Bertz CT molecular complexity index is 1030. The van der Waals surface area contributed by atoms with Crippen molar-refractivity contribution in [3.05, 3.63) is 51.7 Å². The molecule has 196 valence electrons. The molecular weight excluding hydrogens is 483 g/mol. The molecule has 10 heteroatoms. The van der Waals surface area contributed by atoms with Gasteiger partial charge >= 0.3 is 0 Å². The lowest BCUT2D eigenvalue weighted by Gasteiger charge is -2.32. The van der Waals surface area contributed by atoms with Gasteiger partial charge < -0.3 is 20.7 Å². The maximum Gasteiger partial charge on any atom is 0.293 e. The molecule has 2 atom stereocenters. The number of hydrogen-bond donors (Lipinski definition) is 2. The van der Waals surface area contributed by atoms with Crippen LogP contribution in [-0.4, -0.2) is 59.3 Å². The maximum atomic E-state index is 13.1. The molecule has 2 aliphatic heterocycles. The largest absolute Gasteiger partial charge is 0.462 e. The standard InChI is InChI=1S/C21H25FN4O2S.C5H10O2/c22-15-5-3-14(4-6-15)19(27)16-12-29-20(25-16)17-2-1-11-26(17)21(28)18(23)13-7-9-24-10-8-13;1-5(2,3)7-4-6/h3-6,12-13,17-18,24H,1-2,7-11,23H2;4H,1-3H3/t17-,18?;/m0./s1. The van der Waals surface area contributed by atoms with Gasteiger partial charge in [0.2, 0.25) is 11.7 Å². The average molecular weight is 519 g/mol. The summed E-state index contributed by atoms with van der Waals surface area (Å²) in [6.45, 7) is 8.39. The predicted molar refractivity (Wildman–Crippen MR) is 136 cm³/mol. The SMILES string of the molecule is CC(C)(C)OC=O.NC(C(=O)N1CCC[C@H]1c1nc(C(=O)c2ccc(F)cc2)cs1)C1CCNCC1. The molecule has 1 aromatic carbocycles. The van der Waals surface area contributed by atoms with Gasteiger partial charge in [-0.2, -0.15) is 0 Å². The van der Waals surface area contributed by atoms with Crippen molar-refractivity contribution in [1.29, 1.82) is 0 Å². The van der Waals surface area contributed by atoms with Gasteiger partial charge in [-0.05, 0) is 89.7 Å². The number of aromatic nitrogens is 1. The van der Waals surface area contributed by atoms with Crippen LogP contribution in [0.2, 0.25) is 0 Å². The van der Waals surface area contributed by atoms with E-state index in [0.717, 1.165) is 43.8 Å². The molecule has 3 heterocycles. The lowest BCUT2D eigenvalue weighted by molar-refractivity contribution is -0.138. The highest BCUT2D eigenvalue weighted by atomic mass is 32.1. The molecular formula is C26H35FN4O4S. The Labute approximate surface area is 215 Å². The summed E-state index contributed by atoms with van der Waals surface area (Å²) in [5.74, 6) is -0.432. The monoisotopic (exact) mass is 518 g/mol. The lowest BCUT2D eigenvalue weighted by atomic mass is 9.90. The summed E-state index contributed by atoms with van der Waals surface area (Å²) in [4.78, 5) is 41.7. The molecule has 1 aromatic heterocycles. The van der Waals surface area contributed by atoms with Crippen LogP contribution in [0, 0.1) is 11.7 Å². The molecule has 0 spiro atoms. The average Bonchev–Trinajstić information content (AvgIpc) is 3.53. The van der Waals surface area contributed by atoms with Gasteiger partial charge in [0.15, 0.2) is 0 Å². The van der Waals surface area contributed by atoms with Crippen LogP contribution >= 0.6 is 11.3 Å². The molecule has 3 N–H and O–H groups in total. The summed E-state index contributed by atoms with van der Waals surface area (Å²) in [6, 6.07) is 4.83. The molecule has 2 aliphatic rings. The van der Waals surface area contributed by atoms with E-state index in [1.165, 1.54) is 35.6 Å². The molecule has 4 rings (SSSR count). The number of ketones is 1. The molecule has 36 heavy (non-hydrogen) atoms. The topological polar surface area (TPSA) is 115 Å². The van der Waals surface area contributed by atoms with E-state index in [2.05, 4.69) is 15.0 Å². The first kappa shape index (κ1) is 27.9. The number of halogens is 1. The van der Waals surface area contributed by atoms with Gasteiger partial charge in [-0.1, -0.05) is 0 Å². The highest BCUT2D eigenvalue weighted by Gasteiger charge is 2.37. The molecule has 2 saturated heterocycles. The van der Waals surface area contributed by atoms with Crippen LogP contribution in [0.3, 0.4) is 0 Å². The fourth-order valence-electron chi connectivity index (χ4n) is 4.32. The first-order valence-electron chi connectivity index (χ1n) is 12.2. The van der Waals surface area contributed by atoms with Crippen LogP contribution in [0.15, 0.2) is 29.6 Å².